The Hall–Kier alpha value is -3.24. The van der Waals surface area contributed by atoms with Gasteiger partial charge in [-0.2, -0.15) is 10.2 Å². The fourth-order valence-electron chi connectivity index (χ4n) is 2.32. The van der Waals surface area contributed by atoms with Gasteiger partial charge in [-0.05, 0) is 19.8 Å². The molecule has 0 saturated carbocycles. The van der Waals surface area contributed by atoms with Gasteiger partial charge in [0.05, 0.1) is 10.6 Å². The Bertz CT molecular complexity index is 853. The molecule has 0 saturated heterocycles. The van der Waals surface area contributed by atoms with E-state index in [0.717, 1.165) is 6.20 Å². The Labute approximate surface area is 155 Å². The van der Waals surface area contributed by atoms with Gasteiger partial charge in [0.1, 0.15) is 18.4 Å². The largest absolute Gasteiger partial charge is 0.350 e. The number of nitro groups is 1. The van der Waals surface area contributed by atoms with Crippen molar-refractivity contribution >= 4 is 23.2 Å². The molecule has 0 aromatic carbocycles. The molecule has 0 aliphatic heterocycles. The van der Waals surface area contributed by atoms with Crippen LogP contribution in [-0.4, -0.2) is 42.8 Å². The number of carbonyl (C=O) groups excluding carboxylic acids is 2. The molecule has 2 rings (SSSR count). The monoisotopic (exact) mass is 377 g/mol. The lowest BCUT2D eigenvalue weighted by Crippen LogP contribution is -2.29. The van der Waals surface area contributed by atoms with Crippen LogP contribution in [0, 0.1) is 23.0 Å². The summed E-state index contributed by atoms with van der Waals surface area (Å²) in [6.07, 6.45) is 2.67. The molecular weight excluding hydrogens is 354 g/mol. The van der Waals surface area contributed by atoms with E-state index in [4.69, 9.17) is 0 Å². The third-order valence-corrected chi connectivity index (χ3v) is 3.81. The first-order chi connectivity index (χ1) is 12.7. The first-order valence-corrected chi connectivity index (χ1v) is 8.55. The third kappa shape index (κ3) is 4.90. The van der Waals surface area contributed by atoms with Crippen LogP contribution < -0.4 is 10.6 Å². The van der Waals surface area contributed by atoms with Crippen LogP contribution in [0.1, 0.15) is 37.0 Å². The summed E-state index contributed by atoms with van der Waals surface area (Å²) >= 11 is 0. The highest BCUT2D eigenvalue weighted by molar-refractivity contribution is 6.02. The number of nitrogens with zero attached hydrogens (tertiary/aromatic N) is 5. The SMILES string of the molecule is CCn1cc(NC(=O)Cn2ncc([N+](=O)[O-])c2C)c(C(=O)NCC(C)C)n1. The van der Waals surface area contributed by atoms with Crippen LogP contribution in [0.25, 0.3) is 0 Å². The molecule has 0 aliphatic carbocycles. The Morgan fingerprint density at radius 3 is 2.63 bits per heavy atom. The summed E-state index contributed by atoms with van der Waals surface area (Å²) in [5.41, 5.74) is 0.515. The van der Waals surface area contributed by atoms with Gasteiger partial charge in [0, 0.05) is 19.3 Å². The zero-order valence-corrected chi connectivity index (χ0v) is 15.7. The van der Waals surface area contributed by atoms with Gasteiger partial charge in [0.25, 0.3) is 5.91 Å². The fourth-order valence-corrected chi connectivity index (χ4v) is 2.32. The lowest BCUT2D eigenvalue weighted by molar-refractivity contribution is -0.385. The van der Waals surface area contributed by atoms with Crippen LogP contribution in [0.5, 0.6) is 0 Å². The standard InChI is InChI=1S/C16H23N7O4/c1-5-21-8-12(15(20-21)16(25)17-6-10(2)3)19-14(24)9-22-11(4)13(7-18-22)23(26)27/h7-8,10H,5-6,9H2,1-4H3,(H,17,25)(H,19,24). The number of nitrogens with one attached hydrogen (secondary N) is 2. The average molecular weight is 377 g/mol. The molecule has 27 heavy (non-hydrogen) atoms. The molecule has 146 valence electrons. The van der Waals surface area contributed by atoms with Gasteiger partial charge < -0.3 is 10.6 Å². The van der Waals surface area contributed by atoms with Crippen LogP contribution in [-0.2, 0) is 17.9 Å². The van der Waals surface area contributed by atoms with E-state index in [1.54, 1.807) is 10.9 Å². The van der Waals surface area contributed by atoms with Crippen LogP contribution >= 0.6 is 0 Å². The van der Waals surface area contributed by atoms with E-state index in [9.17, 15) is 19.7 Å². The zero-order chi connectivity index (χ0) is 20.1. The highest BCUT2D eigenvalue weighted by Crippen LogP contribution is 2.17. The number of amides is 2. The smallest absolute Gasteiger partial charge is 0.309 e. The van der Waals surface area contributed by atoms with Crippen LogP contribution in [0.15, 0.2) is 12.4 Å². The molecule has 0 bridgehead atoms. The number of hydrogen-bond donors (Lipinski definition) is 2. The molecular formula is C16H23N7O4. The Morgan fingerprint density at radius 2 is 2.07 bits per heavy atom. The van der Waals surface area contributed by atoms with Gasteiger partial charge in [-0.3, -0.25) is 29.1 Å². The van der Waals surface area contributed by atoms with Gasteiger partial charge in [0.15, 0.2) is 5.69 Å². The lowest BCUT2D eigenvalue weighted by atomic mass is 10.2. The maximum Gasteiger partial charge on any atom is 0.309 e. The summed E-state index contributed by atoms with van der Waals surface area (Å²) in [7, 11) is 0. The molecule has 0 aliphatic rings. The second kappa shape index (κ2) is 8.43. The molecule has 0 unspecified atom stereocenters. The molecule has 2 N–H and O–H groups in total. The van der Waals surface area contributed by atoms with Gasteiger partial charge in [-0.15, -0.1) is 0 Å². The van der Waals surface area contributed by atoms with Gasteiger partial charge in [-0.25, -0.2) is 0 Å². The predicted octanol–water partition coefficient (Wildman–Crippen LogP) is 1.34. The van der Waals surface area contributed by atoms with Crippen molar-refractivity contribution in [2.45, 2.75) is 40.8 Å². The first-order valence-electron chi connectivity index (χ1n) is 8.55. The number of aromatic nitrogens is 4. The quantitative estimate of drug-likeness (QED) is 0.526. The number of rotatable bonds is 8. The van der Waals surface area contributed by atoms with Crippen molar-refractivity contribution in [2.75, 3.05) is 11.9 Å². The Kier molecular flexibility index (Phi) is 6.27. The summed E-state index contributed by atoms with van der Waals surface area (Å²) in [6.45, 7) is 8.12. The van der Waals surface area contributed by atoms with Crippen molar-refractivity contribution in [1.29, 1.82) is 0 Å². The number of hydrogen-bond acceptors (Lipinski definition) is 6. The maximum absolute atomic E-state index is 12.3. The van der Waals surface area contributed by atoms with E-state index in [1.807, 2.05) is 20.8 Å². The van der Waals surface area contributed by atoms with Crippen molar-refractivity contribution in [2.24, 2.45) is 5.92 Å². The second-order valence-electron chi connectivity index (χ2n) is 6.43. The van der Waals surface area contributed by atoms with E-state index in [1.165, 1.54) is 11.6 Å². The molecule has 2 amide bonds. The molecule has 11 heteroatoms. The first kappa shape index (κ1) is 20.1. The van der Waals surface area contributed by atoms with E-state index in [0.29, 0.717) is 13.1 Å². The molecule has 0 spiro atoms. The summed E-state index contributed by atoms with van der Waals surface area (Å²) in [5.74, 6) is -0.569. The Balaban J connectivity index is 2.14. The highest BCUT2D eigenvalue weighted by atomic mass is 16.6. The highest BCUT2D eigenvalue weighted by Gasteiger charge is 2.21. The zero-order valence-electron chi connectivity index (χ0n) is 15.7. The maximum atomic E-state index is 12.3. The minimum atomic E-state index is -0.556. The molecule has 2 aromatic heterocycles. The molecule has 11 nitrogen and oxygen atoms in total. The predicted molar refractivity (Wildman–Crippen MR) is 97.3 cm³/mol. The van der Waals surface area contributed by atoms with Crippen LogP contribution in [0.2, 0.25) is 0 Å². The molecule has 0 radical (unpaired) electrons. The molecule has 0 fully saturated rings. The van der Waals surface area contributed by atoms with E-state index >= 15 is 0 Å². The fraction of sp³-hybridized carbons (Fsp3) is 0.500. The molecule has 0 atom stereocenters. The van der Waals surface area contributed by atoms with Crippen molar-refractivity contribution in [3.63, 3.8) is 0 Å². The van der Waals surface area contributed by atoms with E-state index in [-0.39, 0.29) is 41.1 Å². The van der Waals surface area contributed by atoms with Crippen molar-refractivity contribution in [1.82, 2.24) is 24.9 Å². The minimum Gasteiger partial charge on any atom is -0.350 e. The van der Waals surface area contributed by atoms with Crippen molar-refractivity contribution in [3.05, 3.63) is 33.9 Å². The normalized spacial score (nSPS) is 10.9. The van der Waals surface area contributed by atoms with E-state index < -0.39 is 10.8 Å². The Morgan fingerprint density at radius 1 is 1.37 bits per heavy atom. The summed E-state index contributed by atoms with van der Waals surface area (Å²) in [5, 5.41) is 24.3. The molecule has 2 heterocycles. The van der Waals surface area contributed by atoms with Gasteiger partial charge in [-0.1, -0.05) is 13.8 Å². The van der Waals surface area contributed by atoms with Crippen molar-refractivity contribution < 1.29 is 14.5 Å². The number of aryl methyl sites for hydroxylation is 1. The summed E-state index contributed by atoms with van der Waals surface area (Å²) in [4.78, 5) is 35.0. The third-order valence-electron chi connectivity index (χ3n) is 3.81. The molecule has 2 aromatic rings. The van der Waals surface area contributed by atoms with Crippen LogP contribution in [0.3, 0.4) is 0 Å². The van der Waals surface area contributed by atoms with Gasteiger partial charge in [0.2, 0.25) is 5.91 Å². The van der Waals surface area contributed by atoms with Gasteiger partial charge >= 0.3 is 5.69 Å². The van der Waals surface area contributed by atoms with E-state index in [2.05, 4.69) is 20.8 Å². The summed E-state index contributed by atoms with van der Waals surface area (Å²) in [6, 6.07) is 0. The average Bonchev–Trinajstić information content (AvgIpc) is 3.16. The van der Waals surface area contributed by atoms with Crippen molar-refractivity contribution in [3.8, 4) is 0 Å². The lowest BCUT2D eigenvalue weighted by Gasteiger charge is -2.08. The van der Waals surface area contributed by atoms with Crippen LogP contribution in [0.4, 0.5) is 11.4 Å². The summed E-state index contributed by atoms with van der Waals surface area (Å²) < 4.78 is 2.78. The topological polar surface area (TPSA) is 137 Å². The number of anilines is 1. The minimum absolute atomic E-state index is 0.119. The number of carbonyl (C=O) groups is 2. The second-order valence-corrected chi connectivity index (χ2v) is 6.43.